The summed E-state index contributed by atoms with van der Waals surface area (Å²) in [6.45, 7) is 7.71. The number of amides is 1. The lowest BCUT2D eigenvalue weighted by Gasteiger charge is -2.21. The van der Waals surface area contributed by atoms with Gasteiger partial charge in [0.2, 0.25) is 5.91 Å². The quantitative estimate of drug-likeness (QED) is 0.806. The molecule has 1 aromatic rings. The Morgan fingerprint density at radius 3 is 3.12 bits per heavy atom. The molecule has 1 aliphatic carbocycles. The lowest BCUT2D eigenvalue weighted by Crippen LogP contribution is -2.37. The number of rotatable bonds is 3. The van der Waals surface area contributed by atoms with Gasteiger partial charge in [-0.1, -0.05) is 6.58 Å². The van der Waals surface area contributed by atoms with E-state index in [0.717, 1.165) is 25.0 Å². The van der Waals surface area contributed by atoms with E-state index in [-0.39, 0.29) is 11.9 Å². The molecule has 4 heteroatoms. The minimum atomic E-state index is -0.0956. The van der Waals surface area contributed by atoms with Crippen LogP contribution in [0.5, 0.6) is 0 Å². The molecule has 0 bridgehead atoms. The van der Waals surface area contributed by atoms with Crippen LogP contribution in [-0.2, 0) is 17.6 Å². The molecule has 0 aliphatic heterocycles. The maximum Gasteiger partial charge on any atom is 0.243 e. The molecule has 1 aromatic heterocycles. The van der Waals surface area contributed by atoms with E-state index in [4.69, 9.17) is 0 Å². The molecule has 1 heterocycles. The van der Waals surface area contributed by atoms with Gasteiger partial charge in [-0.05, 0) is 38.3 Å². The maximum absolute atomic E-state index is 11.3. The molecule has 2 rings (SSSR count). The first kappa shape index (κ1) is 11.9. The first-order chi connectivity index (χ1) is 8.10. The first-order valence-corrected chi connectivity index (χ1v) is 6.10. The van der Waals surface area contributed by atoms with Crippen molar-refractivity contribution in [3.8, 4) is 0 Å². The van der Waals surface area contributed by atoms with Gasteiger partial charge in [-0.2, -0.15) is 5.10 Å². The molecule has 17 heavy (non-hydrogen) atoms. The molecule has 0 saturated heterocycles. The molecule has 1 N–H and O–H groups in total. The number of hydrogen-bond acceptors (Lipinski definition) is 2. The van der Waals surface area contributed by atoms with E-state index in [2.05, 4.69) is 37.0 Å². The van der Waals surface area contributed by atoms with Gasteiger partial charge in [0.25, 0.3) is 0 Å². The fourth-order valence-corrected chi connectivity index (χ4v) is 2.16. The van der Waals surface area contributed by atoms with Crippen LogP contribution in [0.1, 0.15) is 37.6 Å². The lowest BCUT2D eigenvalue weighted by molar-refractivity contribution is -0.117. The van der Waals surface area contributed by atoms with Crippen molar-refractivity contribution in [3.05, 3.63) is 30.1 Å². The summed E-state index contributed by atoms with van der Waals surface area (Å²) in [5.74, 6) is -0.0956. The van der Waals surface area contributed by atoms with Crippen molar-refractivity contribution in [2.45, 2.75) is 45.2 Å². The molecule has 0 radical (unpaired) electrons. The van der Waals surface area contributed by atoms with Gasteiger partial charge in [0.15, 0.2) is 0 Å². The second-order valence-electron chi connectivity index (χ2n) is 4.83. The average Bonchev–Trinajstić information content (AvgIpc) is 2.72. The molecule has 1 atom stereocenters. The molecular formula is C13H19N3O. The van der Waals surface area contributed by atoms with Crippen molar-refractivity contribution in [2.75, 3.05) is 0 Å². The molecule has 92 valence electrons. The van der Waals surface area contributed by atoms with Crippen LogP contribution in [0.2, 0.25) is 0 Å². The fraction of sp³-hybridized carbons (Fsp3) is 0.538. The van der Waals surface area contributed by atoms with Gasteiger partial charge in [-0.25, -0.2) is 0 Å². The van der Waals surface area contributed by atoms with Crippen molar-refractivity contribution < 1.29 is 4.79 Å². The fourth-order valence-electron chi connectivity index (χ4n) is 2.16. The Balaban J connectivity index is 2.08. The highest BCUT2D eigenvalue weighted by Gasteiger charge is 2.22. The van der Waals surface area contributed by atoms with Gasteiger partial charge >= 0.3 is 0 Å². The molecule has 0 spiro atoms. The number of carbonyl (C=O) groups excluding carboxylic acids is 1. The zero-order valence-electron chi connectivity index (χ0n) is 10.4. The van der Waals surface area contributed by atoms with Gasteiger partial charge in [0, 0.05) is 24.7 Å². The number of aryl methyl sites for hydroxylation is 1. The van der Waals surface area contributed by atoms with Crippen molar-refractivity contribution in [1.29, 1.82) is 0 Å². The smallest absolute Gasteiger partial charge is 0.243 e. The molecule has 1 aliphatic rings. The van der Waals surface area contributed by atoms with Crippen LogP contribution in [0.3, 0.4) is 0 Å². The third kappa shape index (κ3) is 2.57. The Hall–Kier alpha value is -1.58. The topological polar surface area (TPSA) is 46.9 Å². The van der Waals surface area contributed by atoms with Crippen molar-refractivity contribution in [2.24, 2.45) is 0 Å². The number of hydrogen-bond donors (Lipinski definition) is 1. The van der Waals surface area contributed by atoms with E-state index < -0.39 is 0 Å². The Morgan fingerprint density at radius 2 is 2.47 bits per heavy atom. The average molecular weight is 233 g/mol. The zero-order valence-corrected chi connectivity index (χ0v) is 10.4. The minimum Gasteiger partial charge on any atom is -0.349 e. The highest BCUT2D eigenvalue weighted by molar-refractivity contribution is 5.87. The normalized spacial score (nSPS) is 18.9. The number of nitrogens with zero attached hydrogens (tertiary/aromatic N) is 2. The first-order valence-electron chi connectivity index (χ1n) is 6.10. The molecule has 0 saturated carbocycles. The largest absolute Gasteiger partial charge is 0.349 e. The number of nitrogens with one attached hydrogen (secondary N) is 1. The van der Waals surface area contributed by atoms with Gasteiger partial charge in [0.05, 0.1) is 5.69 Å². The molecule has 1 amide bonds. The molecular weight excluding hydrogens is 214 g/mol. The van der Waals surface area contributed by atoms with Crippen LogP contribution < -0.4 is 5.32 Å². The van der Waals surface area contributed by atoms with Crippen LogP contribution in [0.4, 0.5) is 0 Å². The Labute approximate surface area is 102 Å². The van der Waals surface area contributed by atoms with Crippen molar-refractivity contribution in [1.82, 2.24) is 15.1 Å². The molecule has 1 unspecified atom stereocenters. The second-order valence-corrected chi connectivity index (χ2v) is 4.83. The summed E-state index contributed by atoms with van der Waals surface area (Å²) in [4.78, 5) is 11.3. The second kappa shape index (κ2) is 4.73. The van der Waals surface area contributed by atoms with E-state index in [1.807, 2.05) is 4.68 Å². The van der Waals surface area contributed by atoms with Gasteiger partial charge in [-0.3, -0.25) is 9.48 Å². The van der Waals surface area contributed by atoms with Crippen LogP contribution >= 0.6 is 0 Å². The van der Waals surface area contributed by atoms with Crippen LogP contribution in [0.25, 0.3) is 0 Å². The molecule has 0 aromatic carbocycles. The van der Waals surface area contributed by atoms with Crippen molar-refractivity contribution in [3.63, 3.8) is 0 Å². The molecule has 0 fully saturated rings. The number of carbonyl (C=O) groups is 1. The maximum atomic E-state index is 11.3. The summed E-state index contributed by atoms with van der Waals surface area (Å²) in [6, 6.07) is 0.588. The highest BCUT2D eigenvalue weighted by Crippen LogP contribution is 2.21. The van der Waals surface area contributed by atoms with E-state index in [0.29, 0.717) is 6.04 Å². The SMILES string of the molecule is C=CC(=O)NC1CCc2cn(C(C)C)nc2C1. The third-order valence-corrected chi connectivity index (χ3v) is 3.16. The summed E-state index contributed by atoms with van der Waals surface area (Å²) in [7, 11) is 0. The Kier molecular flexibility index (Phi) is 3.31. The highest BCUT2D eigenvalue weighted by atomic mass is 16.1. The molecule has 4 nitrogen and oxygen atoms in total. The van der Waals surface area contributed by atoms with E-state index in [1.54, 1.807) is 0 Å². The number of fused-ring (bicyclic) bond motifs is 1. The standard InChI is InChI=1S/C13H19N3O/c1-4-13(17)14-11-6-5-10-8-16(9(2)3)15-12(10)7-11/h4,8-9,11H,1,5-7H2,2-3H3,(H,14,17). The summed E-state index contributed by atoms with van der Waals surface area (Å²) < 4.78 is 2.00. The predicted molar refractivity (Wildman–Crippen MR) is 66.8 cm³/mol. The predicted octanol–water partition coefficient (Wildman–Crippen LogP) is 1.62. The van der Waals surface area contributed by atoms with Crippen molar-refractivity contribution >= 4 is 5.91 Å². The van der Waals surface area contributed by atoms with Crippen LogP contribution in [0, 0.1) is 0 Å². The monoisotopic (exact) mass is 233 g/mol. The summed E-state index contributed by atoms with van der Waals surface area (Å²) >= 11 is 0. The van der Waals surface area contributed by atoms with Crippen LogP contribution in [-0.4, -0.2) is 21.7 Å². The Morgan fingerprint density at radius 1 is 1.71 bits per heavy atom. The van der Waals surface area contributed by atoms with Gasteiger partial charge in [-0.15, -0.1) is 0 Å². The zero-order chi connectivity index (χ0) is 12.4. The third-order valence-electron chi connectivity index (χ3n) is 3.16. The van der Waals surface area contributed by atoms with Gasteiger partial charge in [0.1, 0.15) is 0 Å². The number of aromatic nitrogens is 2. The van der Waals surface area contributed by atoms with Gasteiger partial charge < -0.3 is 5.32 Å². The summed E-state index contributed by atoms with van der Waals surface area (Å²) in [6.07, 6.45) is 6.25. The minimum absolute atomic E-state index is 0.0956. The van der Waals surface area contributed by atoms with E-state index in [9.17, 15) is 4.79 Å². The Bertz CT molecular complexity index is 434. The van der Waals surface area contributed by atoms with Crippen LogP contribution in [0.15, 0.2) is 18.9 Å². The summed E-state index contributed by atoms with van der Waals surface area (Å²) in [5.41, 5.74) is 2.45. The van der Waals surface area contributed by atoms with E-state index >= 15 is 0 Å². The lowest BCUT2D eigenvalue weighted by atomic mass is 9.94. The van der Waals surface area contributed by atoms with E-state index in [1.165, 1.54) is 11.6 Å². The summed E-state index contributed by atoms with van der Waals surface area (Å²) in [5, 5.41) is 7.51.